The third-order valence-electron chi connectivity index (χ3n) is 9.18. The minimum absolute atomic E-state index is 0.0129. The van der Waals surface area contributed by atoms with Crippen molar-refractivity contribution >= 4 is 5.91 Å². The fourth-order valence-electron chi connectivity index (χ4n) is 6.08. The number of rotatable bonds is 36. The lowest BCUT2D eigenvalue weighted by atomic mass is 10.0. The average molecular weight is 662 g/mol. The minimum atomic E-state index is -0.927. The monoisotopic (exact) mass is 662 g/mol. The van der Waals surface area contributed by atoms with Crippen LogP contribution in [-0.2, 0) is 4.79 Å². The first kappa shape index (κ1) is 45.6. The van der Waals surface area contributed by atoms with Crippen LogP contribution < -0.4 is 5.32 Å². The average Bonchev–Trinajstić information content (AvgIpc) is 3.06. The lowest BCUT2D eigenvalue weighted by molar-refractivity contribution is -0.124. The highest BCUT2D eigenvalue weighted by atomic mass is 16.3. The van der Waals surface area contributed by atoms with Gasteiger partial charge in [-0.3, -0.25) is 4.79 Å². The van der Waals surface area contributed by atoms with Crippen LogP contribution in [0.25, 0.3) is 0 Å². The van der Waals surface area contributed by atoms with Crippen molar-refractivity contribution in [1.29, 1.82) is 0 Å². The lowest BCUT2D eigenvalue weighted by Gasteiger charge is -2.21. The second-order valence-corrected chi connectivity index (χ2v) is 13.9. The minimum Gasteiger partial charge on any atom is -0.394 e. The summed E-state index contributed by atoms with van der Waals surface area (Å²) in [7, 11) is 0. The molecule has 5 nitrogen and oxygen atoms in total. The third-order valence-corrected chi connectivity index (χ3v) is 9.18. The topological polar surface area (TPSA) is 89.8 Å². The molecular formula is C42H79NO4. The Bertz CT molecular complexity index is 734. The molecule has 0 radical (unpaired) electrons. The Labute approximate surface area is 292 Å². The maximum absolute atomic E-state index is 12.4. The number of carbonyl (C=O) groups excluding carboxylic acids is 1. The van der Waals surface area contributed by atoms with E-state index in [9.17, 15) is 20.1 Å². The van der Waals surface area contributed by atoms with E-state index >= 15 is 0 Å². The standard InChI is InChI=1S/C42H79NO4/c1-3-5-7-9-11-13-15-17-18-19-20-21-22-24-25-27-29-31-33-35-39(45)37-42(47)43-40(38-44)41(46)36-34-32-30-28-26-23-16-14-12-10-8-6-4-2/h5,7,11,13,34,36,39-41,44-46H,3-4,6,8-10,12,14-33,35,37-38H2,1-2H3,(H,43,47)/b7-5-,13-11-,36-34+. The molecule has 276 valence electrons. The van der Waals surface area contributed by atoms with E-state index in [0.29, 0.717) is 6.42 Å². The molecule has 0 heterocycles. The quantitative estimate of drug-likeness (QED) is 0.0397. The van der Waals surface area contributed by atoms with E-state index in [2.05, 4.69) is 43.5 Å². The molecule has 0 saturated carbocycles. The molecule has 0 aliphatic carbocycles. The molecular weight excluding hydrogens is 582 g/mol. The summed E-state index contributed by atoms with van der Waals surface area (Å²) in [6.07, 6.45) is 45.6. The number of allylic oxidation sites excluding steroid dienone is 5. The Hall–Kier alpha value is -1.43. The molecule has 0 fully saturated rings. The fraction of sp³-hybridized carbons (Fsp3) is 0.833. The van der Waals surface area contributed by atoms with Gasteiger partial charge in [0.25, 0.3) is 0 Å². The van der Waals surface area contributed by atoms with Crippen molar-refractivity contribution in [3.63, 3.8) is 0 Å². The van der Waals surface area contributed by atoms with Crippen molar-refractivity contribution in [2.75, 3.05) is 6.61 Å². The van der Waals surface area contributed by atoms with E-state index in [-0.39, 0.29) is 18.9 Å². The first-order valence-electron chi connectivity index (χ1n) is 20.3. The maximum atomic E-state index is 12.4. The molecule has 0 aromatic carbocycles. The number of amides is 1. The Morgan fingerprint density at radius 2 is 1.02 bits per heavy atom. The second kappa shape index (κ2) is 37.4. The zero-order valence-corrected chi connectivity index (χ0v) is 31.2. The van der Waals surface area contributed by atoms with Gasteiger partial charge >= 0.3 is 0 Å². The van der Waals surface area contributed by atoms with E-state index in [1.807, 2.05) is 6.08 Å². The van der Waals surface area contributed by atoms with E-state index in [4.69, 9.17) is 0 Å². The number of aliphatic hydroxyl groups excluding tert-OH is 3. The number of hydrogen-bond donors (Lipinski definition) is 4. The molecule has 0 bridgehead atoms. The van der Waals surface area contributed by atoms with Gasteiger partial charge in [0.05, 0.1) is 31.3 Å². The number of nitrogens with one attached hydrogen (secondary N) is 1. The van der Waals surface area contributed by atoms with Gasteiger partial charge in [0.15, 0.2) is 0 Å². The molecule has 47 heavy (non-hydrogen) atoms. The Morgan fingerprint density at radius 1 is 0.574 bits per heavy atom. The van der Waals surface area contributed by atoms with E-state index in [1.54, 1.807) is 6.08 Å². The van der Waals surface area contributed by atoms with Crippen LogP contribution in [0.4, 0.5) is 0 Å². The third kappa shape index (κ3) is 34.2. The number of unbranched alkanes of at least 4 members (excludes halogenated alkanes) is 23. The van der Waals surface area contributed by atoms with Gasteiger partial charge in [0.1, 0.15) is 0 Å². The first-order chi connectivity index (χ1) is 23.0. The molecule has 3 unspecified atom stereocenters. The van der Waals surface area contributed by atoms with Gasteiger partial charge in [-0.15, -0.1) is 0 Å². The van der Waals surface area contributed by atoms with E-state index < -0.39 is 18.2 Å². The Balaban J connectivity index is 3.67. The zero-order chi connectivity index (χ0) is 34.5. The number of hydrogen-bond acceptors (Lipinski definition) is 4. The summed E-state index contributed by atoms with van der Waals surface area (Å²) in [5, 5.41) is 33.1. The van der Waals surface area contributed by atoms with Crippen molar-refractivity contribution in [3.05, 3.63) is 36.5 Å². The molecule has 0 aromatic rings. The highest BCUT2D eigenvalue weighted by molar-refractivity contribution is 5.76. The summed E-state index contributed by atoms with van der Waals surface area (Å²) in [5.74, 6) is -0.318. The van der Waals surface area contributed by atoms with Crippen LogP contribution in [0.3, 0.4) is 0 Å². The number of aliphatic hydroxyl groups is 3. The molecule has 0 saturated heterocycles. The Morgan fingerprint density at radius 3 is 1.51 bits per heavy atom. The zero-order valence-electron chi connectivity index (χ0n) is 31.2. The van der Waals surface area contributed by atoms with Crippen LogP contribution in [0.15, 0.2) is 36.5 Å². The van der Waals surface area contributed by atoms with Gasteiger partial charge in [-0.2, -0.15) is 0 Å². The highest BCUT2D eigenvalue weighted by Gasteiger charge is 2.20. The molecule has 3 atom stereocenters. The summed E-state index contributed by atoms with van der Waals surface area (Å²) >= 11 is 0. The maximum Gasteiger partial charge on any atom is 0.222 e. The molecule has 0 aliphatic heterocycles. The van der Waals surface area contributed by atoms with Crippen molar-refractivity contribution in [2.24, 2.45) is 0 Å². The normalized spacial score (nSPS) is 14.1. The molecule has 0 aromatic heterocycles. The predicted octanol–water partition coefficient (Wildman–Crippen LogP) is 11.2. The fourth-order valence-corrected chi connectivity index (χ4v) is 6.08. The summed E-state index contributed by atoms with van der Waals surface area (Å²) in [5.41, 5.74) is 0. The summed E-state index contributed by atoms with van der Waals surface area (Å²) in [6.45, 7) is 4.10. The van der Waals surface area contributed by atoms with Crippen LogP contribution in [0.1, 0.15) is 200 Å². The summed E-state index contributed by atoms with van der Waals surface area (Å²) in [4.78, 5) is 12.4. The van der Waals surface area contributed by atoms with Crippen LogP contribution in [0.2, 0.25) is 0 Å². The molecule has 4 N–H and O–H groups in total. The van der Waals surface area contributed by atoms with Crippen LogP contribution >= 0.6 is 0 Å². The van der Waals surface area contributed by atoms with Crippen LogP contribution in [0, 0.1) is 0 Å². The molecule has 0 aliphatic rings. The molecule has 0 spiro atoms. The van der Waals surface area contributed by atoms with Crippen molar-refractivity contribution in [3.8, 4) is 0 Å². The van der Waals surface area contributed by atoms with Crippen LogP contribution in [0.5, 0.6) is 0 Å². The summed E-state index contributed by atoms with van der Waals surface area (Å²) in [6, 6.07) is -0.742. The Kier molecular flexibility index (Phi) is 36.3. The van der Waals surface area contributed by atoms with Gasteiger partial charge in [0.2, 0.25) is 5.91 Å². The highest BCUT2D eigenvalue weighted by Crippen LogP contribution is 2.15. The van der Waals surface area contributed by atoms with Crippen molar-refractivity contribution in [2.45, 2.75) is 218 Å². The van der Waals surface area contributed by atoms with Gasteiger partial charge in [0, 0.05) is 0 Å². The van der Waals surface area contributed by atoms with E-state index in [1.165, 1.54) is 135 Å². The van der Waals surface area contributed by atoms with Crippen molar-refractivity contribution < 1.29 is 20.1 Å². The van der Waals surface area contributed by atoms with Gasteiger partial charge in [-0.05, 0) is 44.9 Å². The smallest absolute Gasteiger partial charge is 0.222 e. The second-order valence-electron chi connectivity index (χ2n) is 13.9. The first-order valence-corrected chi connectivity index (χ1v) is 20.3. The van der Waals surface area contributed by atoms with E-state index in [0.717, 1.165) is 38.5 Å². The number of carbonyl (C=O) groups is 1. The van der Waals surface area contributed by atoms with Gasteiger partial charge in [-0.25, -0.2) is 0 Å². The molecule has 5 heteroatoms. The predicted molar refractivity (Wildman–Crippen MR) is 204 cm³/mol. The lowest BCUT2D eigenvalue weighted by Crippen LogP contribution is -2.45. The summed E-state index contributed by atoms with van der Waals surface area (Å²) < 4.78 is 0. The van der Waals surface area contributed by atoms with Gasteiger partial charge < -0.3 is 20.6 Å². The molecule has 1 amide bonds. The van der Waals surface area contributed by atoms with Gasteiger partial charge in [-0.1, -0.05) is 185 Å². The SMILES string of the molecule is CC/C=C\C/C=C\CCCCCCCCCCCCCCC(O)CC(=O)NC(CO)C(O)/C=C/CCCCCCCCCCCCC. The van der Waals surface area contributed by atoms with Crippen molar-refractivity contribution in [1.82, 2.24) is 5.32 Å². The van der Waals surface area contributed by atoms with Crippen LogP contribution in [-0.4, -0.2) is 46.1 Å². The molecule has 0 rings (SSSR count). The largest absolute Gasteiger partial charge is 0.394 e.